The minimum atomic E-state index is -3.30. The maximum atomic E-state index is 14.0. The van der Waals surface area contributed by atoms with Crippen LogP contribution in [0.3, 0.4) is 0 Å². The first-order valence-corrected chi connectivity index (χ1v) is 15.7. The van der Waals surface area contributed by atoms with Crippen molar-refractivity contribution < 1.29 is 17.9 Å². The number of sulfonamides is 1. The predicted molar refractivity (Wildman–Crippen MR) is 144 cm³/mol. The Labute approximate surface area is 218 Å². The van der Waals surface area contributed by atoms with Crippen molar-refractivity contribution in [3.05, 3.63) is 29.3 Å². The Kier molecular flexibility index (Phi) is 8.37. The first kappa shape index (κ1) is 27.4. The number of benzene rings is 1. The van der Waals surface area contributed by atoms with Crippen molar-refractivity contribution in [2.75, 3.05) is 32.4 Å². The number of nitrogens with one attached hydrogen (secondary N) is 1. The number of hydrogen-bond donors (Lipinski definition) is 1. The Morgan fingerprint density at radius 3 is 2.33 bits per heavy atom. The first-order chi connectivity index (χ1) is 17.0. The second-order valence-corrected chi connectivity index (χ2v) is 13.6. The van der Waals surface area contributed by atoms with Gasteiger partial charge in [-0.15, -0.1) is 0 Å². The molecule has 4 rings (SSSR count). The van der Waals surface area contributed by atoms with Crippen molar-refractivity contribution in [2.24, 2.45) is 11.8 Å². The highest BCUT2D eigenvalue weighted by Crippen LogP contribution is 2.45. The van der Waals surface area contributed by atoms with E-state index in [0.717, 1.165) is 60.9 Å². The van der Waals surface area contributed by atoms with Gasteiger partial charge in [-0.3, -0.25) is 4.79 Å². The lowest BCUT2D eigenvalue weighted by Crippen LogP contribution is -2.58. The number of ether oxygens (including phenoxy) is 1. The van der Waals surface area contributed by atoms with Gasteiger partial charge in [0.1, 0.15) is 5.75 Å². The summed E-state index contributed by atoms with van der Waals surface area (Å²) in [5.74, 6) is 2.58. The molecular formula is C28H45N3O4S. The molecule has 1 N–H and O–H groups in total. The average Bonchev–Trinajstić information content (AvgIpc) is 2.81. The maximum Gasteiger partial charge on any atom is 0.233 e. The van der Waals surface area contributed by atoms with E-state index in [4.69, 9.17) is 4.74 Å². The van der Waals surface area contributed by atoms with Crippen molar-refractivity contribution in [3.8, 4) is 5.75 Å². The summed E-state index contributed by atoms with van der Waals surface area (Å²) in [7, 11) is -3.30. The van der Waals surface area contributed by atoms with Crippen LogP contribution in [0.5, 0.6) is 5.75 Å². The molecule has 8 heteroatoms. The number of nitrogens with zero attached hydrogens (tertiary/aromatic N) is 2. The largest absolute Gasteiger partial charge is 0.491 e. The molecule has 2 fully saturated rings. The standard InChI is InChI=1S/C28H45N3O4S/c1-20(2)22-6-8-24(9-7-22)30-15-12-28(13-16-30)26-11-10-25(35-21(3)4)18-23(26)19-31(27(28)32)17-14-29-36(5,33)34/h10-11,18,20-22,24,29H,6-9,12-17,19H2,1-5H3. The van der Waals surface area contributed by atoms with E-state index in [1.807, 2.05) is 24.8 Å². The topological polar surface area (TPSA) is 79.0 Å². The molecule has 1 aromatic carbocycles. The molecule has 36 heavy (non-hydrogen) atoms. The number of likely N-dealkylation sites (tertiary alicyclic amines) is 1. The summed E-state index contributed by atoms with van der Waals surface area (Å²) in [5, 5.41) is 0. The van der Waals surface area contributed by atoms with Gasteiger partial charge in [0.05, 0.1) is 17.8 Å². The predicted octanol–water partition coefficient (Wildman–Crippen LogP) is 3.91. The van der Waals surface area contributed by atoms with Gasteiger partial charge in [-0.2, -0.15) is 0 Å². The number of rotatable bonds is 8. The molecule has 3 aliphatic rings. The van der Waals surface area contributed by atoms with Gasteiger partial charge in [-0.25, -0.2) is 13.1 Å². The second kappa shape index (κ2) is 11.0. The van der Waals surface area contributed by atoms with Crippen LogP contribution in [-0.2, 0) is 26.8 Å². The lowest BCUT2D eigenvalue weighted by Gasteiger charge is -2.49. The molecule has 0 bridgehead atoms. The van der Waals surface area contributed by atoms with Crippen molar-refractivity contribution in [1.29, 1.82) is 0 Å². The van der Waals surface area contributed by atoms with Crippen molar-refractivity contribution in [2.45, 2.75) is 90.3 Å². The van der Waals surface area contributed by atoms with Crippen LogP contribution in [0.4, 0.5) is 0 Å². The summed E-state index contributed by atoms with van der Waals surface area (Å²) in [6.07, 6.45) is 8.00. The Bertz CT molecular complexity index is 1020. The van der Waals surface area contributed by atoms with Crippen LogP contribution in [0.1, 0.15) is 77.3 Å². The number of fused-ring (bicyclic) bond motifs is 2. The summed E-state index contributed by atoms with van der Waals surface area (Å²) in [6.45, 7) is 11.7. The quantitative estimate of drug-likeness (QED) is 0.563. The minimum Gasteiger partial charge on any atom is -0.491 e. The van der Waals surface area contributed by atoms with Gasteiger partial charge in [0.15, 0.2) is 0 Å². The summed E-state index contributed by atoms with van der Waals surface area (Å²) in [4.78, 5) is 18.5. The second-order valence-electron chi connectivity index (χ2n) is 11.8. The van der Waals surface area contributed by atoms with Crippen molar-refractivity contribution >= 4 is 15.9 Å². The van der Waals surface area contributed by atoms with E-state index in [-0.39, 0.29) is 18.6 Å². The molecule has 0 atom stereocenters. The van der Waals surface area contributed by atoms with Gasteiger partial charge < -0.3 is 14.5 Å². The molecule has 1 amide bonds. The molecule has 1 aromatic rings. The van der Waals surface area contributed by atoms with E-state index in [0.29, 0.717) is 19.1 Å². The van der Waals surface area contributed by atoms with Crippen LogP contribution >= 0.6 is 0 Å². The zero-order chi connectivity index (χ0) is 26.1. The molecular weight excluding hydrogens is 474 g/mol. The normalized spacial score (nSPS) is 25.0. The van der Waals surface area contributed by atoms with Crippen LogP contribution in [0, 0.1) is 11.8 Å². The first-order valence-electron chi connectivity index (χ1n) is 13.8. The average molecular weight is 520 g/mol. The van der Waals surface area contributed by atoms with E-state index in [9.17, 15) is 13.2 Å². The van der Waals surface area contributed by atoms with Crippen LogP contribution in [0.15, 0.2) is 18.2 Å². The number of amides is 1. The van der Waals surface area contributed by atoms with Gasteiger partial charge >= 0.3 is 0 Å². The number of piperidine rings is 1. The van der Waals surface area contributed by atoms with Crippen molar-refractivity contribution in [3.63, 3.8) is 0 Å². The molecule has 1 spiro atoms. The van der Waals surface area contributed by atoms with Crippen molar-refractivity contribution in [1.82, 2.24) is 14.5 Å². The zero-order valence-electron chi connectivity index (χ0n) is 22.8. The Morgan fingerprint density at radius 1 is 1.08 bits per heavy atom. The van der Waals surface area contributed by atoms with Crippen LogP contribution in [0.2, 0.25) is 0 Å². The molecule has 2 aliphatic heterocycles. The van der Waals surface area contributed by atoms with E-state index < -0.39 is 15.4 Å². The fourth-order valence-electron chi connectivity index (χ4n) is 6.64. The molecule has 0 radical (unpaired) electrons. The van der Waals surface area contributed by atoms with Crippen LogP contribution in [-0.4, -0.2) is 68.7 Å². The highest BCUT2D eigenvalue weighted by molar-refractivity contribution is 7.88. The Hall–Kier alpha value is -1.64. The summed E-state index contributed by atoms with van der Waals surface area (Å²) >= 11 is 0. The monoisotopic (exact) mass is 519 g/mol. The van der Waals surface area contributed by atoms with E-state index in [1.165, 1.54) is 25.7 Å². The van der Waals surface area contributed by atoms with E-state index in [1.54, 1.807) is 0 Å². The Morgan fingerprint density at radius 2 is 1.75 bits per heavy atom. The molecule has 0 unspecified atom stereocenters. The molecule has 1 saturated heterocycles. The molecule has 0 aromatic heterocycles. The van der Waals surface area contributed by atoms with Gasteiger partial charge in [0.25, 0.3) is 0 Å². The third-order valence-electron chi connectivity index (χ3n) is 8.62. The zero-order valence-corrected chi connectivity index (χ0v) is 23.6. The Balaban J connectivity index is 1.53. The molecule has 7 nitrogen and oxygen atoms in total. The van der Waals surface area contributed by atoms with Gasteiger partial charge in [-0.05, 0) is 101 Å². The molecule has 1 saturated carbocycles. The molecule has 202 valence electrons. The van der Waals surface area contributed by atoms with Gasteiger partial charge in [-0.1, -0.05) is 19.9 Å². The van der Waals surface area contributed by atoms with Gasteiger partial charge in [0.2, 0.25) is 15.9 Å². The van der Waals surface area contributed by atoms with Crippen LogP contribution in [0.25, 0.3) is 0 Å². The molecule has 2 heterocycles. The fraction of sp³-hybridized carbons (Fsp3) is 0.750. The summed E-state index contributed by atoms with van der Waals surface area (Å²) in [5.41, 5.74) is 1.72. The summed E-state index contributed by atoms with van der Waals surface area (Å²) in [6, 6.07) is 6.84. The number of carbonyl (C=O) groups is 1. The lowest BCUT2D eigenvalue weighted by molar-refractivity contribution is -0.142. The lowest BCUT2D eigenvalue weighted by atomic mass is 9.67. The third-order valence-corrected chi connectivity index (χ3v) is 9.35. The third kappa shape index (κ3) is 6.08. The maximum absolute atomic E-state index is 14.0. The molecule has 1 aliphatic carbocycles. The number of carbonyl (C=O) groups excluding carboxylic acids is 1. The van der Waals surface area contributed by atoms with E-state index >= 15 is 0 Å². The smallest absolute Gasteiger partial charge is 0.233 e. The van der Waals surface area contributed by atoms with Gasteiger partial charge in [0, 0.05) is 25.7 Å². The fourth-order valence-corrected chi connectivity index (χ4v) is 7.10. The highest BCUT2D eigenvalue weighted by atomic mass is 32.2. The van der Waals surface area contributed by atoms with E-state index in [2.05, 4.69) is 35.6 Å². The minimum absolute atomic E-state index is 0.0753. The number of hydrogen-bond acceptors (Lipinski definition) is 5. The SMILES string of the molecule is CC(C)Oc1ccc2c(c1)CN(CCNS(C)(=O)=O)C(=O)C21CCN(C2CCC(C(C)C)CC2)CC1. The highest BCUT2D eigenvalue weighted by Gasteiger charge is 2.49. The summed E-state index contributed by atoms with van der Waals surface area (Å²) < 4.78 is 31.7. The van der Waals surface area contributed by atoms with Crippen LogP contribution < -0.4 is 9.46 Å².